The summed E-state index contributed by atoms with van der Waals surface area (Å²) in [6.07, 6.45) is -2.61. The number of aryl methyl sites for hydroxylation is 1. The lowest BCUT2D eigenvalue weighted by Crippen LogP contribution is -2.09. The molecule has 4 nitrogen and oxygen atoms in total. The Bertz CT molecular complexity index is 957. The second-order valence-electron chi connectivity index (χ2n) is 6.57. The van der Waals surface area contributed by atoms with Crippen molar-refractivity contribution in [2.75, 3.05) is 5.73 Å². The molecule has 0 radical (unpaired) electrons. The number of benzene rings is 2. The van der Waals surface area contributed by atoms with Crippen LogP contribution in [0.5, 0.6) is 0 Å². The SMILES string of the molecule is Cc1cc(C2CC2)c(-n2nc(C(F)(F)F)nc2N)cc1-c1ccccc1. The van der Waals surface area contributed by atoms with Gasteiger partial charge in [-0.15, -0.1) is 5.10 Å². The van der Waals surface area contributed by atoms with Crippen LogP contribution in [0.3, 0.4) is 0 Å². The maximum absolute atomic E-state index is 13.0. The van der Waals surface area contributed by atoms with Crippen LogP contribution in [-0.2, 0) is 6.18 Å². The van der Waals surface area contributed by atoms with Crippen molar-refractivity contribution >= 4 is 5.95 Å². The minimum absolute atomic E-state index is 0.262. The molecule has 0 spiro atoms. The Balaban J connectivity index is 1.91. The third kappa shape index (κ3) is 2.94. The molecule has 0 unspecified atom stereocenters. The summed E-state index contributed by atoms with van der Waals surface area (Å²) in [5.41, 5.74) is 10.3. The predicted octanol–water partition coefficient (Wildman–Crippen LogP) is 4.72. The first-order valence-corrected chi connectivity index (χ1v) is 8.34. The first-order chi connectivity index (χ1) is 12.3. The van der Waals surface area contributed by atoms with E-state index in [1.165, 1.54) is 0 Å². The van der Waals surface area contributed by atoms with Crippen LogP contribution in [0, 0.1) is 6.92 Å². The van der Waals surface area contributed by atoms with Gasteiger partial charge in [0.15, 0.2) is 0 Å². The Morgan fingerprint density at radius 1 is 1.12 bits per heavy atom. The Labute approximate surface area is 148 Å². The van der Waals surface area contributed by atoms with Crippen molar-refractivity contribution in [3.63, 3.8) is 0 Å². The molecule has 1 saturated carbocycles. The van der Waals surface area contributed by atoms with E-state index >= 15 is 0 Å². The molecule has 0 amide bonds. The van der Waals surface area contributed by atoms with E-state index in [4.69, 9.17) is 5.73 Å². The number of anilines is 1. The summed E-state index contributed by atoms with van der Waals surface area (Å²) in [4.78, 5) is 3.41. The molecular weight excluding hydrogens is 341 g/mol. The van der Waals surface area contributed by atoms with E-state index in [2.05, 4.69) is 10.1 Å². The second kappa shape index (κ2) is 5.86. The summed E-state index contributed by atoms with van der Waals surface area (Å²) < 4.78 is 40.1. The molecule has 0 bridgehead atoms. The fourth-order valence-electron chi connectivity index (χ4n) is 3.17. The molecule has 26 heavy (non-hydrogen) atoms. The molecular formula is C19H17F3N4. The molecule has 7 heteroatoms. The van der Waals surface area contributed by atoms with Crippen molar-refractivity contribution in [1.82, 2.24) is 14.8 Å². The molecule has 3 aromatic rings. The topological polar surface area (TPSA) is 56.7 Å². The minimum atomic E-state index is -4.63. The molecule has 1 aromatic heterocycles. The number of aromatic nitrogens is 3. The molecule has 134 valence electrons. The summed E-state index contributed by atoms with van der Waals surface area (Å²) in [5.74, 6) is -1.16. The normalized spacial score (nSPS) is 14.6. The molecule has 0 saturated heterocycles. The Hall–Kier alpha value is -2.83. The first-order valence-electron chi connectivity index (χ1n) is 8.34. The van der Waals surface area contributed by atoms with E-state index in [1.807, 2.05) is 49.4 Å². The number of nitrogens with zero attached hydrogens (tertiary/aromatic N) is 3. The highest BCUT2D eigenvalue weighted by atomic mass is 19.4. The summed E-state index contributed by atoms with van der Waals surface area (Å²) in [6.45, 7) is 2.00. The van der Waals surface area contributed by atoms with Gasteiger partial charge in [0.2, 0.25) is 5.95 Å². The zero-order valence-electron chi connectivity index (χ0n) is 14.1. The van der Waals surface area contributed by atoms with E-state index in [0.717, 1.165) is 39.8 Å². The lowest BCUT2D eigenvalue weighted by molar-refractivity contribution is -0.144. The fourth-order valence-corrected chi connectivity index (χ4v) is 3.17. The van der Waals surface area contributed by atoms with Gasteiger partial charge >= 0.3 is 6.18 Å². The molecule has 2 N–H and O–H groups in total. The number of nitrogen functional groups attached to an aromatic ring is 1. The van der Waals surface area contributed by atoms with E-state index in [0.29, 0.717) is 11.6 Å². The number of hydrogen-bond acceptors (Lipinski definition) is 3. The Morgan fingerprint density at radius 3 is 2.38 bits per heavy atom. The lowest BCUT2D eigenvalue weighted by Gasteiger charge is -2.15. The summed E-state index contributed by atoms with van der Waals surface area (Å²) in [7, 11) is 0. The van der Waals surface area contributed by atoms with Crippen molar-refractivity contribution in [3.8, 4) is 16.8 Å². The lowest BCUT2D eigenvalue weighted by atomic mass is 9.95. The summed E-state index contributed by atoms with van der Waals surface area (Å²) >= 11 is 0. The molecule has 0 aliphatic heterocycles. The van der Waals surface area contributed by atoms with Crippen molar-refractivity contribution in [2.45, 2.75) is 31.9 Å². The number of alkyl halides is 3. The monoisotopic (exact) mass is 358 g/mol. The van der Waals surface area contributed by atoms with Crippen LogP contribution < -0.4 is 5.73 Å². The van der Waals surface area contributed by atoms with Crippen LogP contribution in [0.1, 0.15) is 35.7 Å². The zero-order chi connectivity index (χ0) is 18.5. The quantitative estimate of drug-likeness (QED) is 0.737. The number of halogens is 3. The number of nitrogens with two attached hydrogens (primary N) is 1. The van der Waals surface area contributed by atoms with Crippen LogP contribution in [0.2, 0.25) is 0 Å². The third-order valence-electron chi connectivity index (χ3n) is 4.59. The van der Waals surface area contributed by atoms with Gasteiger partial charge in [0, 0.05) is 0 Å². The van der Waals surface area contributed by atoms with Crippen molar-refractivity contribution in [2.24, 2.45) is 0 Å². The van der Waals surface area contributed by atoms with Crippen LogP contribution in [0.25, 0.3) is 16.8 Å². The van der Waals surface area contributed by atoms with Crippen LogP contribution >= 0.6 is 0 Å². The van der Waals surface area contributed by atoms with Crippen molar-refractivity contribution < 1.29 is 13.2 Å². The average molecular weight is 358 g/mol. The molecule has 0 atom stereocenters. The highest BCUT2D eigenvalue weighted by molar-refractivity contribution is 5.71. The number of hydrogen-bond donors (Lipinski definition) is 1. The van der Waals surface area contributed by atoms with E-state index in [9.17, 15) is 13.2 Å². The maximum atomic E-state index is 13.0. The highest BCUT2D eigenvalue weighted by Crippen LogP contribution is 2.45. The van der Waals surface area contributed by atoms with E-state index < -0.39 is 12.0 Å². The van der Waals surface area contributed by atoms with Gasteiger partial charge in [0.25, 0.3) is 5.82 Å². The fraction of sp³-hybridized carbons (Fsp3) is 0.263. The molecule has 1 fully saturated rings. The first kappa shape index (κ1) is 16.6. The van der Waals surface area contributed by atoms with Crippen LogP contribution in [0.4, 0.5) is 19.1 Å². The molecule has 4 rings (SSSR count). The Morgan fingerprint density at radius 2 is 1.81 bits per heavy atom. The highest BCUT2D eigenvalue weighted by Gasteiger charge is 2.38. The average Bonchev–Trinajstić information content (AvgIpc) is 3.37. The van der Waals surface area contributed by atoms with Crippen molar-refractivity contribution in [3.05, 3.63) is 59.4 Å². The van der Waals surface area contributed by atoms with Gasteiger partial charge in [0.1, 0.15) is 0 Å². The zero-order valence-corrected chi connectivity index (χ0v) is 14.1. The van der Waals surface area contributed by atoms with Crippen LogP contribution in [-0.4, -0.2) is 14.8 Å². The van der Waals surface area contributed by atoms with Gasteiger partial charge in [-0.2, -0.15) is 22.8 Å². The van der Waals surface area contributed by atoms with Gasteiger partial charge in [-0.05, 0) is 54.0 Å². The molecule has 1 aliphatic rings. The van der Waals surface area contributed by atoms with Gasteiger partial charge in [-0.3, -0.25) is 0 Å². The second-order valence-corrected chi connectivity index (χ2v) is 6.57. The van der Waals surface area contributed by atoms with E-state index in [1.54, 1.807) is 0 Å². The van der Waals surface area contributed by atoms with E-state index in [-0.39, 0.29) is 5.95 Å². The predicted molar refractivity (Wildman–Crippen MR) is 92.9 cm³/mol. The maximum Gasteiger partial charge on any atom is 0.453 e. The standard InChI is InChI=1S/C19H17F3N4/c1-11-9-15(13-7-8-13)16(10-14(11)12-5-3-2-4-6-12)26-18(23)24-17(25-26)19(20,21)22/h2-6,9-10,13H,7-8H2,1H3,(H2,23,24,25). The van der Waals surface area contributed by atoms with Gasteiger partial charge in [0.05, 0.1) is 5.69 Å². The largest absolute Gasteiger partial charge is 0.453 e. The summed E-state index contributed by atoms with van der Waals surface area (Å²) in [6, 6.07) is 13.6. The minimum Gasteiger partial charge on any atom is -0.368 e. The van der Waals surface area contributed by atoms with Gasteiger partial charge in [-0.1, -0.05) is 36.4 Å². The smallest absolute Gasteiger partial charge is 0.368 e. The third-order valence-corrected chi connectivity index (χ3v) is 4.59. The summed E-state index contributed by atoms with van der Waals surface area (Å²) in [5, 5.41) is 3.64. The van der Waals surface area contributed by atoms with Gasteiger partial charge < -0.3 is 5.73 Å². The molecule has 2 aromatic carbocycles. The van der Waals surface area contributed by atoms with Crippen molar-refractivity contribution in [1.29, 1.82) is 0 Å². The molecule has 1 aliphatic carbocycles. The van der Waals surface area contributed by atoms with Crippen LogP contribution in [0.15, 0.2) is 42.5 Å². The Kier molecular flexibility index (Phi) is 3.75. The molecule has 1 heterocycles. The number of rotatable bonds is 3. The van der Waals surface area contributed by atoms with Gasteiger partial charge in [-0.25, -0.2) is 0 Å².